The quantitative estimate of drug-likeness (QED) is 0.250. The molecule has 8 heteroatoms. The number of fused-ring (bicyclic) bond motifs is 1. The van der Waals surface area contributed by atoms with Crippen molar-refractivity contribution >= 4 is 17.8 Å². The SMILES string of the molecule is C=CCOC(=O)[C@@H]1[C@H]2C(=O)N(CCCCO)C(C(=O)N(CC=C)C3CCCCC3)C23CC[C@@]1(CC)O3. The molecule has 1 N–H and O–H groups in total. The van der Waals surface area contributed by atoms with Gasteiger partial charge in [0.2, 0.25) is 11.8 Å². The third kappa shape index (κ3) is 4.30. The zero-order chi connectivity index (χ0) is 25.9. The normalized spacial score (nSPS) is 33.4. The van der Waals surface area contributed by atoms with Crippen LogP contribution in [0.4, 0.5) is 0 Å². The Balaban J connectivity index is 1.74. The lowest BCUT2D eigenvalue weighted by Gasteiger charge is -2.40. The molecule has 4 aliphatic rings. The zero-order valence-corrected chi connectivity index (χ0v) is 21.7. The molecule has 8 nitrogen and oxygen atoms in total. The number of carbonyl (C=O) groups is 3. The van der Waals surface area contributed by atoms with Crippen molar-refractivity contribution in [3.05, 3.63) is 25.3 Å². The van der Waals surface area contributed by atoms with Gasteiger partial charge in [0, 0.05) is 25.7 Å². The van der Waals surface area contributed by atoms with Crippen LogP contribution >= 0.6 is 0 Å². The van der Waals surface area contributed by atoms with Gasteiger partial charge in [-0.15, -0.1) is 6.58 Å². The Hall–Kier alpha value is -2.19. The molecule has 1 spiro atoms. The van der Waals surface area contributed by atoms with Gasteiger partial charge in [-0.2, -0.15) is 0 Å². The molecule has 2 amide bonds. The summed E-state index contributed by atoms with van der Waals surface area (Å²) in [6.45, 7) is 10.4. The van der Waals surface area contributed by atoms with Gasteiger partial charge >= 0.3 is 5.97 Å². The number of hydrogen-bond acceptors (Lipinski definition) is 6. The predicted molar refractivity (Wildman–Crippen MR) is 135 cm³/mol. The minimum Gasteiger partial charge on any atom is -0.461 e. The van der Waals surface area contributed by atoms with Crippen LogP contribution in [0.25, 0.3) is 0 Å². The molecule has 0 aromatic carbocycles. The van der Waals surface area contributed by atoms with Gasteiger partial charge in [0.05, 0.1) is 11.5 Å². The van der Waals surface area contributed by atoms with Crippen molar-refractivity contribution in [1.82, 2.24) is 9.80 Å². The van der Waals surface area contributed by atoms with E-state index in [1.54, 1.807) is 11.0 Å². The molecule has 5 atom stereocenters. The number of carbonyl (C=O) groups excluding carboxylic acids is 3. The number of amides is 2. The smallest absolute Gasteiger partial charge is 0.313 e. The lowest BCUT2D eigenvalue weighted by molar-refractivity contribution is -0.161. The highest BCUT2D eigenvalue weighted by atomic mass is 16.6. The van der Waals surface area contributed by atoms with Crippen LogP contribution in [0.2, 0.25) is 0 Å². The van der Waals surface area contributed by atoms with Crippen LogP contribution in [0, 0.1) is 11.8 Å². The highest BCUT2D eigenvalue weighted by Crippen LogP contribution is 2.64. The van der Waals surface area contributed by atoms with Crippen LogP contribution in [0.1, 0.15) is 71.1 Å². The van der Waals surface area contributed by atoms with E-state index in [-0.39, 0.29) is 31.1 Å². The fourth-order valence-corrected chi connectivity index (χ4v) is 7.33. The molecule has 0 aromatic heterocycles. The van der Waals surface area contributed by atoms with Gasteiger partial charge in [0.1, 0.15) is 24.2 Å². The van der Waals surface area contributed by atoms with E-state index in [1.165, 1.54) is 12.5 Å². The number of likely N-dealkylation sites (tertiary alicyclic amines) is 1. The van der Waals surface area contributed by atoms with Crippen LogP contribution in [-0.2, 0) is 23.9 Å². The average Bonchev–Trinajstić information content (AvgIpc) is 3.50. The van der Waals surface area contributed by atoms with Crippen molar-refractivity contribution in [2.75, 3.05) is 26.3 Å². The zero-order valence-electron chi connectivity index (χ0n) is 21.7. The van der Waals surface area contributed by atoms with Gasteiger partial charge in [-0.25, -0.2) is 0 Å². The Bertz CT molecular complexity index is 870. The Kier molecular flexibility index (Phi) is 8.25. The molecule has 36 heavy (non-hydrogen) atoms. The van der Waals surface area contributed by atoms with Crippen molar-refractivity contribution in [1.29, 1.82) is 0 Å². The fraction of sp³-hybridized carbons (Fsp3) is 0.750. The summed E-state index contributed by atoms with van der Waals surface area (Å²) in [6.07, 6.45) is 11.3. The molecule has 3 heterocycles. The van der Waals surface area contributed by atoms with Gasteiger partial charge in [0.25, 0.3) is 0 Å². The molecule has 4 rings (SSSR count). The number of nitrogens with zero attached hydrogens (tertiary/aromatic N) is 2. The molecular weight excluding hydrogens is 460 g/mol. The molecule has 0 aromatic rings. The second-order valence-corrected chi connectivity index (χ2v) is 10.8. The number of rotatable bonds is 12. The van der Waals surface area contributed by atoms with Gasteiger partial charge in [-0.3, -0.25) is 14.4 Å². The van der Waals surface area contributed by atoms with E-state index < -0.39 is 35.0 Å². The monoisotopic (exact) mass is 502 g/mol. The number of unbranched alkanes of at least 4 members (excludes halogenated alkanes) is 1. The first-order chi connectivity index (χ1) is 17.4. The first-order valence-corrected chi connectivity index (χ1v) is 13.7. The minimum atomic E-state index is -1.05. The predicted octanol–water partition coefficient (Wildman–Crippen LogP) is 2.99. The van der Waals surface area contributed by atoms with Gasteiger partial charge in [-0.1, -0.05) is 44.9 Å². The summed E-state index contributed by atoms with van der Waals surface area (Å²) in [5.74, 6) is -2.25. The maximum Gasteiger partial charge on any atom is 0.313 e. The summed E-state index contributed by atoms with van der Waals surface area (Å²) in [5, 5.41) is 9.35. The molecule has 2 bridgehead atoms. The molecule has 1 saturated carbocycles. The van der Waals surface area contributed by atoms with Crippen molar-refractivity contribution in [3.63, 3.8) is 0 Å². The highest BCUT2D eigenvalue weighted by Gasteiger charge is 2.79. The van der Waals surface area contributed by atoms with E-state index in [1.807, 2.05) is 11.8 Å². The lowest BCUT2D eigenvalue weighted by atomic mass is 9.65. The number of ether oxygens (including phenoxy) is 2. The van der Waals surface area contributed by atoms with Crippen LogP contribution in [0.3, 0.4) is 0 Å². The lowest BCUT2D eigenvalue weighted by Crippen LogP contribution is -2.58. The number of aliphatic hydroxyl groups is 1. The summed E-state index contributed by atoms with van der Waals surface area (Å²) >= 11 is 0. The summed E-state index contributed by atoms with van der Waals surface area (Å²) < 4.78 is 12.2. The number of hydrogen-bond donors (Lipinski definition) is 1. The molecule has 1 aliphatic carbocycles. The van der Waals surface area contributed by atoms with Gasteiger partial charge in [0.15, 0.2) is 0 Å². The first-order valence-electron chi connectivity index (χ1n) is 13.7. The summed E-state index contributed by atoms with van der Waals surface area (Å²) in [7, 11) is 0. The molecular formula is C28H42N2O6. The van der Waals surface area contributed by atoms with E-state index >= 15 is 0 Å². The number of esters is 1. The Labute approximate surface area is 214 Å². The third-order valence-corrected chi connectivity index (χ3v) is 8.94. The maximum atomic E-state index is 14.4. The summed E-state index contributed by atoms with van der Waals surface area (Å²) in [4.78, 5) is 45.3. The maximum absolute atomic E-state index is 14.4. The van der Waals surface area contributed by atoms with Crippen molar-refractivity contribution in [2.24, 2.45) is 11.8 Å². The molecule has 0 radical (unpaired) electrons. The van der Waals surface area contributed by atoms with E-state index in [4.69, 9.17) is 9.47 Å². The van der Waals surface area contributed by atoms with Crippen molar-refractivity contribution < 1.29 is 29.0 Å². The van der Waals surface area contributed by atoms with E-state index in [9.17, 15) is 19.5 Å². The van der Waals surface area contributed by atoms with Crippen LogP contribution in [0.5, 0.6) is 0 Å². The van der Waals surface area contributed by atoms with E-state index in [0.717, 1.165) is 25.7 Å². The third-order valence-electron chi connectivity index (χ3n) is 8.94. The van der Waals surface area contributed by atoms with Crippen LogP contribution in [0.15, 0.2) is 25.3 Å². The van der Waals surface area contributed by atoms with Crippen LogP contribution < -0.4 is 0 Å². The Morgan fingerprint density at radius 2 is 1.94 bits per heavy atom. The fourth-order valence-electron chi connectivity index (χ4n) is 7.33. The largest absolute Gasteiger partial charge is 0.461 e. The number of aliphatic hydroxyl groups excluding tert-OH is 1. The Morgan fingerprint density at radius 3 is 2.58 bits per heavy atom. The highest BCUT2D eigenvalue weighted by molar-refractivity contribution is 5.98. The van der Waals surface area contributed by atoms with E-state index in [0.29, 0.717) is 45.2 Å². The topological polar surface area (TPSA) is 96.4 Å². The standard InChI is InChI=1S/C28H42N2O6/c1-4-16-29(20-12-8-7-9-13-20)25(33)23-28-15-14-27(6-3,36-28)22(26(34)35-19-5-2)21(28)24(32)30(23)17-10-11-18-31/h4-5,20-23,31H,1-2,6-19H2,3H3/t21-,22-,23?,27+,28?/m0/s1. The van der Waals surface area contributed by atoms with Crippen molar-refractivity contribution in [2.45, 2.75) is 94.4 Å². The van der Waals surface area contributed by atoms with Gasteiger partial charge in [-0.05, 0) is 44.9 Å². The minimum absolute atomic E-state index is 0.0197. The van der Waals surface area contributed by atoms with Crippen molar-refractivity contribution in [3.8, 4) is 0 Å². The molecule has 4 fully saturated rings. The second kappa shape index (κ2) is 11.1. The second-order valence-electron chi connectivity index (χ2n) is 10.8. The summed E-state index contributed by atoms with van der Waals surface area (Å²) in [6, 6.07) is -0.678. The van der Waals surface area contributed by atoms with Crippen LogP contribution in [-0.4, -0.2) is 82.3 Å². The molecule has 3 aliphatic heterocycles. The Morgan fingerprint density at radius 1 is 1.19 bits per heavy atom. The van der Waals surface area contributed by atoms with E-state index in [2.05, 4.69) is 13.2 Å². The average molecular weight is 503 g/mol. The van der Waals surface area contributed by atoms with Gasteiger partial charge < -0.3 is 24.4 Å². The molecule has 2 unspecified atom stereocenters. The summed E-state index contributed by atoms with van der Waals surface area (Å²) in [5.41, 5.74) is -1.85. The molecule has 200 valence electrons. The molecule has 3 saturated heterocycles. The first kappa shape index (κ1) is 26.9.